The molecule has 18 heavy (non-hydrogen) atoms. The summed E-state index contributed by atoms with van der Waals surface area (Å²) in [5.41, 5.74) is -1.47. The molecule has 0 aliphatic heterocycles. The highest BCUT2D eigenvalue weighted by Gasteiger charge is 2.35. The first-order valence-corrected chi connectivity index (χ1v) is 5.33. The van der Waals surface area contributed by atoms with Crippen LogP contribution in [0.4, 0.5) is 13.2 Å². The minimum atomic E-state index is -4.72. The average Bonchev–Trinajstić information content (AvgIpc) is 2.22. The molecule has 2 nitrogen and oxygen atoms in total. The molecule has 0 bridgehead atoms. The third-order valence-electron chi connectivity index (χ3n) is 1.94. The monoisotopic (exact) mass is 298 g/mol. The number of rotatable bonds is 2. The van der Waals surface area contributed by atoms with E-state index >= 15 is 0 Å². The van der Waals surface area contributed by atoms with Gasteiger partial charge >= 0.3 is 12.1 Å². The molecule has 0 saturated carbocycles. The summed E-state index contributed by atoms with van der Waals surface area (Å²) >= 11 is 11.2. The average molecular weight is 299 g/mol. The molecular formula is C11H7Cl2F3O2. The van der Waals surface area contributed by atoms with Gasteiger partial charge in [-0.2, -0.15) is 13.2 Å². The van der Waals surface area contributed by atoms with Crippen LogP contribution >= 0.6 is 23.2 Å². The molecule has 0 fully saturated rings. The van der Waals surface area contributed by atoms with Crippen molar-refractivity contribution in [2.24, 2.45) is 0 Å². The largest absolute Gasteiger partial charge is 0.466 e. The van der Waals surface area contributed by atoms with Crippen LogP contribution in [0.3, 0.4) is 0 Å². The van der Waals surface area contributed by atoms with E-state index in [2.05, 4.69) is 4.74 Å². The fraction of sp³-hybridized carbons (Fsp3) is 0.182. The molecule has 0 spiro atoms. The minimum absolute atomic E-state index is 0.0394. The van der Waals surface area contributed by atoms with Crippen molar-refractivity contribution in [3.05, 3.63) is 39.9 Å². The molecule has 1 aromatic rings. The first-order chi connectivity index (χ1) is 8.24. The molecule has 0 unspecified atom stereocenters. The van der Waals surface area contributed by atoms with Gasteiger partial charge in [0.05, 0.1) is 12.7 Å². The Labute approximate surface area is 111 Å². The second-order valence-corrected chi connectivity index (χ2v) is 4.11. The van der Waals surface area contributed by atoms with E-state index in [1.165, 1.54) is 6.07 Å². The van der Waals surface area contributed by atoms with Crippen LogP contribution in [0.1, 0.15) is 5.56 Å². The van der Waals surface area contributed by atoms with Crippen LogP contribution < -0.4 is 0 Å². The van der Waals surface area contributed by atoms with E-state index < -0.39 is 17.7 Å². The standard InChI is InChI=1S/C11H7Cl2F3O2/c1-18-10(17)5-9(11(14,15)16)6-2-7(12)4-8(13)3-6/h2-5H,1H3. The predicted octanol–water partition coefficient (Wildman–Crippen LogP) is 4.11. The molecule has 1 rings (SSSR count). The smallest absolute Gasteiger partial charge is 0.417 e. The maximum Gasteiger partial charge on any atom is 0.417 e. The molecule has 0 aliphatic carbocycles. The van der Waals surface area contributed by atoms with Crippen LogP contribution in [0.15, 0.2) is 24.3 Å². The van der Waals surface area contributed by atoms with E-state index in [4.69, 9.17) is 23.2 Å². The van der Waals surface area contributed by atoms with Gasteiger partial charge in [-0.25, -0.2) is 4.79 Å². The summed E-state index contributed by atoms with van der Waals surface area (Å²) in [6.07, 6.45) is -4.37. The van der Waals surface area contributed by atoms with E-state index in [-0.39, 0.29) is 15.6 Å². The molecule has 0 atom stereocenters. The minimum Gasteiger partial charge on any atom is -0.466 e. The van der Waals surface area contributed by atoms with Crippen molar-refractivity contribution < 1.29 is 22.7 Å². The van der Waals surface area contributed by atoms with Crippen LogP contribution in [-0.4, -0.2) is 19.3 Å². The number of allylic oxidation sites excluding steroid dienone is 1. The maximum atomic E-state index is 12.8. The molecule has 0 aromatic heterocycles. The van der Waals surface area contributed by atoms with Gasteiger partial charge in [-0.05, 0) is 23.8 Å². The normalized spacial score (nSPS) is 12.4. The Bertz CT molecular complexity index is 475. The second-order valence-electron chi connectivity index (χ2n) is 3.24. The van der Waals surface area contributed by atoms with Gasteiger partial charge in [0.1, 0.15) is 0 Å². The number of carbonyl (C=O) groups is 1. The predicted molar refractivity (Wildman–Crippen MR) is 62.5 cm³/mol. The van der Waals surface area contributed by atoms with Gasteiger partial charge in [0, 0.05) is 16.1 Å². The highest BCUT2D eigenvalue weighted by atomic mass is 35.5. The van der Waals surface area contributed by atoms with Crippen LogP contribution in [0.5, 0.6) is 0 Å². The van der Waals surface area contributed by atoms with Gasteiger partial charge in [-0.15, -0.1) is 0 Å². The molecular weight excluding hydrogens is 292 g/mol. The lowest BCUT2D eigenvalue weighted by Gasteiger charge is -2.12. The molecule has 0 saturated heterocycles. The molecule has 0 radical (unpaired) electrons. The van der Waals surface area contributed by atoms with Crippen molar-refractivity contribution in [1.82, 2.24) is 0 Å². The van der Waals surface area contributed by atoms with Gasteiger partial charge in [-0.3, -0.25) is 0 Å². The van der Waals surface area contributed by atoms with E-state index in [1.807, 2.05) is 0 Å². The third-order valence-corrected chi connectivity index (χ3v) is 2.38. The SMILES string of the molecule is COC(=O)C=C(c1cc(Cl)cc(Cl)c1)C(F)(F)F. The van der Waals surface area contributed by atoms with Crippen molar-refractivity contribution in [3.63, 3.8) is 0 Å². The van der Waals surface area contributed by atoms with Gasteiger partial charge in [0.2, 0.25) is 0 Å². The molecule has 0 aliphatic rings. The number of hydrogen-bond donors (Lipinski definition) is 0. The molecule has 0 amide bonds. The maximum absolute atomic E-state index is 12.8. The fourth-order valence-electron chi connectivity index (χ4n) is 1.21. The van der Waals surface area contributed by atoms with Crippen molar-refractivity contribution in [1.29, 1.82) is 0 Å². The number of ether oxygens (including phenoxy) is 1. The first-order valence-electron chi connectivity index (χ1n) is 4.57. The Morgan fingerprint density at radius 1 is 1.22 bits per heavy atom. The van der Waals surface area contributed by atoms with Crippen molar-refractivity contribution in [2.75, 3.05) is 7.11 Å². The summed E-state index contributed by atoms with van der Waals surface area (Å²) in [7, 11) is 0.984. The van der Waals surface area contributed by atoms with Crippen LogP contribution in [-0.2, 0) is 9.53 Å². The van der Waals surface area contributed by atoms with Crippen LogP contribution in [0.25, 0.3) is 5.57 Å². The summed E-state index contributed by atoms with van der Waals surface area (Å²) < 4.78 is 42.6. The lowest BCUT2D eigenvalue weighted by atomic mass is 10.1. The highest BCUT2D eigenvalue weighted by Crippen LogP contribution is 2.36. The van der Waals surface area contributed by atoms with E-state index in [0.717, 1.165) is 19.2 Å². The Morgan fingerprint density at radius 2 is 1.72 bits per heavy atom. The zero-order valence-corrected chi connectivity index (χ0v) is 10.5. The van der Waals surface area contributed by atoms with Crippen molar-refractivity contribution in [3.8, 4) is 0 Å². The molecule has 7 heteroatoms. The van der Waals surface area contributed by atoms with Crippen molar-refractivity contribution in [2.45, 2.75) is 6.18 Å². The topological polar surface area (TPSA) is 26.3 Å². The Morgan fingerprint density at radius 3 is 2.11 bits per heavy atom. The molecule has 0 heterocycles. The van der Waals surface area contributed by atoms with E-state index in [0.29, 0.717) is 6.08 Å². The number of esters is 1. The van der Waals surface area contributed by atoms with E-state index in [1.54, 1.807) is 0 Å². The van der Waals surface area contributed by atoms with Gasteiger partial charge < -0.3 is 4.74 Å². The summed E-state index contributed by atoms with van der Waals surface area (Å²) in [4.78, 5) is 10.9. The van der Waals surface area contributed by atoms with Gasteiger partial charge in [0.25, 0.3) is 0 Å². The second kappa shape index (κ2) is 5.63. The lowest BCUT2D eigenvalue weighted by molar-refractivity contribution is -0.135. The van der Waals surface area contributed by atoms with Crippen molar-refractivity contribution >= 4 is 34.7 Å². The molecule has 1 aromatic carbocycles. The number of alkyl halides is 3. The Kier molecular flexibility index (Phi) is 4.65. The molecule has 98 valence electrons. The number of carbonyl (C=O) groups excluding carboxylic acids is 1. The zero-order valence-electron chi connectivity index (χ0n) is 9.02. The Hall–Kier alpha value is -1.20. The summed E-state index contributed by atoms with van der Waals surface area (Å²) in [6.45, 7) is 0. The van der Waals surface area contributed by atoms with Crippen LogP contribution in [0, 0.1) is 0 Å². The van der Waals surface area contributed by atoms with Crippen LogP contribution in [0.2, 0.25) is 10.0 Å². The summed E-state index contributed by atoms with van der Waals surface area (Å²) in [6, 6.07) is 3.42. The number of halogens is 5. The lowest BCUT2D eigenvalue weighted by Crippen LogP contribution is -2.13. The fourth-order valence-corrected chi connectivity index (χ4v) is 1.74. The number of hydrogen-bond acceptors (Lipinski definition) is 2. The number of methoxy groups -OCH3 is 1. The quantitative estimate of drug-likeness (QED) is 0.607. The highest BCUT2D eigenvalue weighted by molar-refractivity contribution is 6.34. The van der Waals surface area contributed by atoms with Gasteiger partial charge in [0.15, 0.2) is 0 Å². The summed E-state index contributed by atoms with van der Waals surface area (Å²) in [5.74, 6) is -1.11. The first kappa shape index (κ1) is 14.9. The number of benzene rings is 1. The van der Waals surface area contributed by atoms with Gasteiger partial charge in [-0.1, -0.05) is 23.2 Å². The zero-order chi connectivity index (χ0) is 13.9. The van der Waals surface area contributed by atoms with E-state index in [9.17, 15) is 18.0 Å². The molecule has 0 N–H and O–H groups in total. The Balaban J connectivity index is 3.35. The summed E-state index contributed by atoms with van der Waals surface area (Å²) in [5, 5.41) is 0.0787. The third kappa shape index (κ3) is 3.92.